The molecule has 2 aliphatic rings. The van der Waals surface area contributed by atoms with Gasteiger partial charge in [0, 0.05) is 36.6 Å². The zero-order valence-corrected chi connectivity index (χ0v) is 18.3. The van der Waals surface area contributed by atoms with Gasteiger partial charge in [-0.05, 0) is 30.0 Å². The predicted molar refractivity (Wildman–Crippen MR) is 118 cm³/mol. The second kappa shape index (κ2) is 9.64. The van der Waals surface area contributed by atoms with Gasteiger partial charge >= 0.3 is 0 Å². The fraction of sp³-hybridized carbons (Fsp3) is 0.391. The van der Waals surface area contributed by atoms with E-state index in [9.17, 15) is 14.7 Å². The van der Waals surface area contributed by atoms with Crippen molar-refractivity contribution in [3.63, 3.8) is 0 Å². The second-order valence-electron chi connectivity index (χ2n) is 7.55. The summed E-state index contributed by atoms with van der Waals surface area (Å²) in [7, 11) is 1.54. The first-order chi connectivity index (χ1) is 15.1. The van der Waals surface area contributed by atoms with Crippen molar-refractivity contribution >= 4 is 28.8 Å². The first-order valence-corrected chi connectivity index (χ1v) is 11.2. The normalized spacial score (nSPS) is 21.6. The first kappa shape index (κ1) is 21.5. The van der Waals surface area contributed by atoms with Crippen molar-refractivity contribution in [3.05, 3.63) is 57.8 Å². The van der Waals surface area contributed by atoms with Crippen LogP contribution in [-0.4, -0.2) is 73.1 Å². The Balaban J connectivity index is 1.63. The zero-order chi connectivity index (χ0) is 21.8. The van der Waals surface area contributed by atoms with Crippen LogP contribution in [0.3, 0.4) is 0 Å². The van der Waals surface area contributed by atoms with Gasteiger partial charge in [-0.25, -0.2) is 0 Å². The smallest absolute Gasteiger partial charge is 0.295 e. The molecule has 1 N–H and O–H groups in total. The highest BCUT2D eigenvalue weighted by atomic mass is 32.1. The number of rotatable bonds is 7. The van der Waals surface area contributed by atoms with Crippen molar-refractivity contribution in [2.24, 2.45) is 0 Å². The number of likely N-dealkylation sites (tertiary alicyclic amines) is 1. The van der Waals surface area contributed by atoms with Crippen LogP contribution in [0, 0.1) is 0 Å². The van der Waals surface area contributed by atoms with Crippen molar-refractivity contribution in [3.8, 4) is 5.75 Å². The average molecular weight is 443 g/mol. The number of carbonyl (C=O) groups is 2. The van der Waals surface area contributed by atoms with Crippen molar-refractivity contribution in [2.45, 2.75) is 12.5 Å². The minimum Gasteiger partial charge on any atom is -0.507 e. The summed E-state index contributed by atoms with van der Waals surface area (Å²) in [4.78, 5) is 30.7. The number of ketones is 1. The Kier molecular flexibility index (Phi) is 6.70. The molecule has 31 heavy (non-hydrogen) atoms. The van der Waals surface area contributed by atoms with Crippen LogP contribution in [0.5, 0.6) is 5.75 Å². The molecule has 2 saturated heterocycles. The number of thiophene rings is 1. The number of amides is 1. The lowest BCUT2D eigenvalue weighted by Gasteiger charge is -2.28. The minimum atomic E-state index is -0.648. The van der Waals surface area contributed by atoms with Gasteiger partial charge in [0.15, 0.2) is 0 Å². The molecule has 0 radical (unpaired) electrons. The molecule has 2 fully saturated rings. The Bertz CT molecular complexity index is 966. The molecular weight excluding hydrogens is 416 g/mol. The SMILES string of the molecule is COc1cccc(/C(O)=C2\C(=O)C(=O)N(CCCN3CCOCC3)[C@H]2c2cccs2)c1. The van der Waals surface area contributed by atoms with E-state index >= 15 is 0 Å². The molecule has 1 atom stereocenters. The molecule has 0 saturated carbocycles. The monoisotopic (exact) mass is 442 g/mol. The van der Waals surface area contributed by atoms with E-state index in [-0.39, 0.29) is 11.3 Å². The quantitative estimate of drug-likeness (QED) is 0.404. The maximum Gasteiger partial charge on any atom is 0.295 e. The van der Waals surface area contributed by atoms with Crippen LogP contribution in [0.2, 0.25) is 0 Å². The number of morpholine rings is 1. The highest BCUT2D eigenvalue weighted by Crippen LogP contribution is 2.41. The van der Waals surface area contributed by atoms with Crippen molar-refractivity contribution < 1.29 is 24.2 Å². The number of Topliss-reactive ketones (excluding diaryl/α,β-unsaturated/α-hetero) is 1. The molecule has 7 nitrogen and oxygen atoms in total. The molecule has 3 heterocycles. The molecule has 0 spiro atoms. The Hall–Kier alpha value is -2.68. The van der Waals surface area contributed by atoms with Gasteiger partial charge in [-0.3, -0.25) is 14.5 Å². The Morgan fingerprint density at radius 1 is 1.19 bits per heavy atom. The Morgan fingerprint density at radius 2 is 2.00 bits per heavy atom. The number of nitrogens with zero attached hydrogens (tertiary/aromatic N) is 2. The highest BCUT2D eigenvalue weighted by Gasteiger charge is 2.46. The summed E-state index contributed by atoms with van der Waals surface area (Å²) in [5.41, 5.74) is 0.583. The van der Waals surface area contributed by atoms with Gasteiger partial charge in [-0.2, -0.15) is 0 Å². The van der Waals surface area contributed by atoms with Crippen LogP contribution in [0.1, 0.15) is 22.9 Å². The van der Waals surface area contributed by atoms with Gasteiger partial charge in [0.2, 0.25) is 0 Å². The fourth-order valence-electron chi connectivity index (χ4n) is 4.07. The number of methoxy groups -OCH3 is 1. The van der Waals surface area contributed by atoms with E-state index in [2.05, 4.69) is 4.90 Å². The van der Waals surface area contributed by atoms with E-state index in [1.807, 2.05) is 17.5 Å². The topological polar surface area (TPSA) is 79.3 Å². The number of aliphatic hydroxyl groups excluding tert-OH is 1. The number of hydrogen-bond acceptors (Lipinski definition) is 7. The molecule has 4 rings (SSSR count). The van der Waals surface area contributed by atoms with Crippen LogP contribution in [0.25, 0.3) is 5.76 Å². The number of hydrogen-bond donors (Lipinski definition) is 1. The van der Waals surface area contributed by atoms with E-state index in [4.69, 9.17) is 9.47 Å². The predicted octanol–water partition coefficient (Wildman–Crippen LogP) is 2.90. The summed E-state index contributed by atoms with van der Waals surface area (Å²) >= 11 is 1.47. The Labute approximate surface area is 185 Å². The molecular formula is C23H26N2O5S. The molecule has 0 aliphatic carbocycles. The van der Waals surface area contributed by atoms with E-state index < -0.39 is 17.7 Å². The summed E-state index contributed by atoms with van der Waals surface area (Å²) < 4.78 is 10.6. The highest BCUT2D eigenvalue weighted by molar-refractivity contribution is 7.10. The number of carbonyl (C=O) groups excluding carboxylic acids is 2. The number of ether oxygens (including phenoxy) is 2. The van der Waals surface area contributed by atoms with Gasteiger partial charge < -0.3 is 19.5 Å². The van der Waals surface area contributed by atoms with Crippen molar-refractivity contribution in [1.29, 1.82) is 0 Å². The molecule has 1 amide bonds. The van der Waals surface area contributed by atoms with Crippen LogP contribution in [0.4, 0.5) is 0 Å². The van der Waals surface area contributed by atoms with Crippen molar-refractivity contribution in [1.82, 2.24) is 9.80 Å². The minimum absolute atomic E-state index is 0.132. The van der Waals surface area contributed by atoms with Gasteiger partial charge in [-0.15, -0.1) is 11.3 Å². The lowest BCUT2D eigenvalue weighted by molar-refractivity contribution is -0.140. The lowest BCUT2D eigenvalue weighted by atomic mass is 9.99. The second-order valence-corrected chi connectivity index (χ2v) is 8.53. The molecule has 8 heteroatoms. The number of benzene rings is 1. The van der Waals surface area contributed by atoms with Crippen LogP contribution < -0.4 is 4.74 Å². The summed E-state index contributed by atoms with van der Waals surface area (Å²) in [6.45, 7) is 4.48. The van der Waals surface area contributed by atoms with Crippen LogP contribution in [-0.2, 0) is 14.3 Å². The zero-order valence-electron chi connectivity index (χ0n) is 17.5. The molecule has 1 aromatic heterocycles. The summed E-state index contributed by atoms with van der Waals surface area (Å²) in [5, 5.41) is 13.0. The maximum absolute atomic E-state index is 13.0. The van der Waals surface area contributed by atoms with Gasteiger partial charge in [0.05, 0.1) is 31.9 Å². The molecule has 1 aromatic carbocycles. The lowest BCUT2D eigenvalue weighted by Crippen LogP contribution is -2.38. The summed E-state index contributed by atoms with van der Waals surface area (Å²) in [6, 6.07) is 10.1. The molecule has 0 bridgehead atoms. The molecule has 0 unspecified atom stereocenters. The van der Waals surface area contributed by atoms with E-state index in [1.54, 1.807) is 29.2 Å². The van der Waals surface area contributed by atoms with Crippen LogP contribution >= 0.6 is 11.3 Å². The average Bonchev–Trinajstić information content (AvgIpc) is 3.42. The van der Waals surface area contributed by atoms with Gasteiger partial charge in [0.1, 0.15) is 11.5 Å². The summed E-state index contributed by atoms with van der Waals surface area (Å²) in [5.74, 6) is -0.822. The van der Waals surface area contributed by atoms with E-state index in [0.717, 1.165) is 44.1 Å². The third-order valence-electron chi connectivity index (χ3n) is 5.67. The standard InChI is InChI=1S/C23H26N2O5S/c1-29-17-6-2-5-16(15-17)21(26)19-20(18-7-3-14-31-18)25(23(28)22(19)27)9-4-8-24-10-12-30-13-11-24/h2-3,5-7,14-15,20,26H,4,8-13H2,1H3/b21-19+/t20-/m0/s1. The van der Waals surface area contributed by atoms with Crippen molar-refractivity contribution in [2.75, 3.05) is 46.5 Å². The van der Waals surface area contributed by atoms with Gasteiger partial charge in [-0.1, -0.05) is 18.2 Å². The Morgan fingerprint density at radius 3 is 2.71 bits per heavy atom. The molecule has 164 valence electrons. The van der Waals surface area contributed by atoms with Crippen LogP contribution in [0.15, 0.2) is 47.4 Å². The van der Waals surface area contributed by atoms with E-state index in [0.29, 0.717) is 17.9 Å². The fourth-order valence-corrected chi connectivity index (χ4v) is 4.91. The maximum atomic E-state index is 13.0. The summed E-state index contributed by atoms with van der Waals surface area (Å²) in [6.07, 6.45) is 0.744. The third kappa shape index (κ3) is 4.51. The van der Waals surface area contributed by atoms with E-state index in [1.165, 1.54) is 18.4 Å². The third-order valence-corrected chi connectivity index (χ3v) is 6.60. The number of aliphatic hydroxyl groups is 1. The van der Waals surface area contributed by atoms with Gasteiger partial charge in [0.25, 0.3) is 11.7 Å². The largest absolute Gasteiger partial charge is 0.507 e. The first-order valence-electron chi connectivity index (χ1n) is 10.4. The molecule has 2 aliphatic heterocycles. The molecule has 2 aromatic rings.